The lowest BCUT2D eigenvalue weighted by Gasteiger charge is -2.31. The van der Waals surface area contributed by atoms with E-state index in [0.717, 1.165) is 23.8 Å². The fraction of sp³-hybridized carbons (Fsp3) is 0.412. The molecule has 2 aliphatic rings. The second-order valence-electron chi connectivity index (χ2n) is 6.41. The molecule has 2 heterocycles. The van der Waals surface area contributed by atoms with Crippen LogP contribution in [0.4, 0.5) is 11.4 Å². The number of rotatable bonds is 4. The number of benzene rings is 1. The summed E-state index contributed by atoms with van der Waals surface area (Å²) in [5.74, 6) is 0.719. The third-order valence-electron chi connectivity index (χ3n) is 4.80. The first kappa shape index (κ1) is 14.6. The number of fused-ring (bicyclic) bond motifs is 2. The topological polar surface area (TPSA) is 50.2 Å². The van der Waals surface area contributed by atoms with E-state index in [1.54, 1.807) is 6.20 Å². The molecular formula is C17H19ClN4O. The van der Waals surface area contributed by atoms with Gasteiger partial charge in [0.25, 0.3) is 0 Å². The van der Waals surface area contributed by atoms with Gasteiger partial charge in [-0.25, -0.2) is 0 Å². The number of aromatic nitrogens is 2. The van der Waals surface area contributed by atoms with E-state index in [0.29, 0.717) is 11.1 Å². The Labute approximate surface area is 140 Å². The van der Waals surface area contributed by atoms with E-state index < -0.39 is 0 Å². The zero-order chi connectivity index (χ0) is 15.8. The molecule has 1 N–H and O–H groups in total. The molecule has 0 spiro atoms. The summed E-state index contributed by atoms with van der Waals surface area (Å²) >= 11 is 5.83. The van der Waals surface area contributed by atoms with E-state index in [1.807, 2.05) is 18.2 Å². The maximum Gasteiger partial charge on any atom is 0.246 e. The quantitative estimate of drug-likeness (QED) is 0.936. The highest BCUT2D eigenvalue weighted by Crippen LogP contribution is 2.42. The second kappa shape index (κ2) is 5.89. The predicted octanol–water partition coefficient (Wildman–Crippen LogP) is 3.16. The molecule has 1 aliphatic carbocycles. The number of halogens is 1. The summed E-state index contributed by atoms with van der Waals surface area (Å²) in [5, 5.41) is 7.60. The number of carbonyl (C=O) groups excluding carboxylic acids is 1. The Balaban J connectivity index is 1.49. The summed E-state index contributed by atoms with van der Waals surface area (Å²) in [6, 6.07) is 8.68. The highest BCUT2D eigenvalue weighted by atomic mass is 35.5. The van der Waals surface area contributed by atoms with Gasteiger partial charge in [-0.2, -0.15) is 5.10 Å². The van der Waals surface area contributed by atoms with Crippen molar-refractivity contribution in [3.8, 4) is 0 Å². The second-order valence-corrected chi connectivity index (χ2v) is 6.84. The smallest absolute Gasteiger partial charge is 0.246 e. The zero-order valence-electron chi connectivity index (χ0n) is 12.8. The number of hydrogen-bond acceptors (Lipinski definition) is 3. The van der Waals surface area contributed by atoms with Crippen LogP contribution < -0.4 is 10.2 Å². The van der Waals surface area contributed by atoms with Crippen LogP contribution in [0.1, 0.15) is 19.3 Å². The number of nitrogens with zero attached hydrogens (tertiary/aromatic N) is 3. The van der Waals surface area contributed by atoms with Gasteiger partial charge in [0.05, 0.1) is 22.6 Å². The Bertz CT molecular complexity index is 729. The van der Waals surface area contributed by atoms with Crippen LogP contribution in [0.25, 0.3) is 0 Å². The highest BCUT2D eigenvalue weighted by Gasteiger charge is 2.38. The first-order chi connectivity index (χ1) is 11.2. The average Bonchev–Trinajstić information content (AvgIpc) is 3.25. The molecule has 1 saturated heterocycles. The van der Waals surface area contributed by atoms with Crippen LogP contribution in [0.5, 0.6) is 0 Å². The first-order valence-corrected chi connectivity index (χ1v) is 8.40. The van der Waals surface area contributed by atoms with Gasteiger partial charge in [0, 0.05) is 18.8 Å². The minimum Gasteiger partial charge on any atom is -0.367 e. The third-order valence-corrected chi connectivity index (χ3v) is 5.00. The summed E-state index contributed by atoms with van der Waals surface area (Å²) in [5.41, 5.74) is 2.01. The third kappa shape index (κ3) is 2.93. The van der Waals surface area contributed by atoms with Crippen LogP contribution in [0.15, 0.2) is 36.7 Å². The van der Waals surface area contributed by atoms with Gasteiger partial charge in [0.2, 0.25) is 5.91 Å². The molecule has 1 aliphatic heterocycles. The maximum absolute atomic E-state index is 12.3. The molecule has 5 nitrogen and oxygen atoms in total. The van der Waals surface area contributed by atoms with Crippen molar-refractivity contribution in [2.75, 3.05) is 16.8 Å². The molecule has 1 aromatic heterocycles. The fourth-order valence-electron chi connectivity index (χ4n) is 3.81. The predicted molar refractivity (Wildman–Crippen MR) is 90.8 cm³/mol. The summed E-state index contributed by atoms with van der Waals surface area (Å²) in [6.45, 7) is 1.26. The van der Waals surface area contributed by atoms with Gasteiger partial charge in [0.15, 0.2) is 0 Å². The Morgan fingerprint density at radius 2 is 2.22 bits per heavy atom. The molecule has 1 aromatic carbocycles. The van der Waals surface area contributed by atoms with Crippen LogP contribution in [0.2, 0.25) is 5.02 Å². The van der Waals surface area contributed by atoms with Gasteiger partial charge in [-0.3, -0.25) is 9.48 Å². The number of nitrogens with one attached hydrogen (secondary N) is 1. The van der Waals surface area contributed by atoms with Gasteiger partial charge < -0.3 is 10.2 Å². The van der Waals surface area contributed by atoms with Crippen LogP contribution in [-0.4, -0.2) is 28.3 Å². The van der Waals surface area contributed by atoms with Gasteiger partial charge in [-0.1, -0.05) is 23.7 Å². The Morgan fingerprint density at radius 3 is 2.91 bits per heavy atom. The number of piperidine rings is 1. The molecule has 23 heavy (non-hydrogen) atoms. The van der Waals surface area contributed by atoms with Crippen molar-refractivity contribution in [3.05, 3.63) is 41.7 Å². The zero-order valence-corrected chi connectivity index (χ0v) is 13.5. The Hall–Kier alpha value is -2.01. The fourth-order valence-corrected chi connectivity index (χ4v) is 3.97. The molecule has 4 rings (SSSR count). The highest BCUT2D eigenvalue weighted by molar-refractivity contribution is 6.30. The largest absolute Gasteiger partial charge is 0.367 e. The van der Waals surface area contributed by atoms with Crippen molar-refractivity contribution in [1.82, 2.24) is 9.78 Å². The maximum atomic E-state index is 12.3. The SMILES string of the molecule is O=C(Cn1cc(Cl)cn1)Nc1ccccc1N1CC2CCC1C2. The van der Waals surface area contributed by atoms with Crippen molar-refractivity contribution < 1.29 is 4.79 Å². The summed E-state index contributed by atoms with van der Waals surface area (Å²) < 4.78 is 1.54. The number of carbonyl (C=O) groups is 1. The van der Waals surface area contributed by atoms with E-state index in [2.05, 4.69) is 21.4 Å². The molecule has 1 amide bonds. The normalized spacial score (nSPS) is 22.6. The summed E-state index contributed by atoms with van der Waals surface area (Å²) in [7, 11) is 0. The van der Waals surface area contributed by atoms with E-state index in [1.165, 1.54) is 30.1 Å². The van der Waals surface area contributed by atoms with Crippen molar-refractivity contribution >= 4 is 28.9 Å². The standard InChI is InChI=1S/C17H19ClN4O/c18-13-8-19-21(10-13)11-17(23)20-15-3-1-2-4-16(15)22-9-12-5-6-14(22)7-12/h1-4,8,10,12,14H,5-7,9,11H2,(H,20,23). The summed E-state index contributed by atoms with van der Waals surface area (Å²) in [6.07, 6.45) is 7.07. The van der Waals surface area contributed by atoms with Crippen molar-refractivity contribution in [1.29, 1.82) is 0 Å². The number of amides is 1. The molecule has 1 saturated carbocycles. The Morgan fingerprint density at radius 1 is 1.35 bits per heavy atom. The lowest BCUT2D eigenvalue weighted by molar-refractivity contribution is -0.116. The molecule has 2 atom stereocenters. The monoisotopic (exact) mass is 330 g/mol. The molecule has 6 heteroatoms. The van der Waals surface area contributed by atoms with Gasteiger partial charge in [-0.05, 0) is 37.3 Å². The van der Waals surface area contributed by atoms with Gasteiger partial charge >= 0.3 is 0 Å². The van der Waals surface area contributed by atoms with Crippen molar-refractivity contribution in [2.45, 2.75) is 31.8 Å². The molecule has 120 valence electrons. The van der Waals surface area contributed by atoms with Crippen LogP contribution in [-0.2, 0) is 11.3 Å². The Kier molecular flexibility index (Phi) is 3.73. The average molecular weight is 331 g/mol. The molecule has 2 aromatic rings. The molecule has 2 bridgehead atoms. The molecule has 2 unspecified atom stereocenters. The van der Waals surface area contributed by atoms with E-state index in [4.69, 9.17) is 11.6 Å². The number of para-hydroxylation sites is 2. The lowest BCUT2D eigenvalue weighted by Crippen LogP contribution is -2.33. The number of anilines is 2. The van der Waals surface area contributed by atoms with E-state index in [-0.39, 0.29) is 12.5 Å². The minimum atomic E-state index is -0.0958. The number of hydrogen-bond donors (Lipinski definition) is 1. The molecule has 2 fully saturated rings. The van der Waals surface area contributed by atoms with Gasteiger partial charge in [0.1, 0.15) is 6.54 Å². The van der Waals surface area contributed by atoms with Gasteiger partial charge in [-0.15, -0.1) is 0 Å². The molecule has 0 radical (unpaired) electrons. The van der Waals surface area contributed by atoms with Crippen LogP contribution in [0, 0.1) is 5.92 Å². The van der Waals surface area contributed by atoms with Crippen LogP contribution in [0.3, 0.4) is 0 Å². The van der Waals surface area contributed by atoms with Crippen LogP contribution >= 0.6 is 11.6 Å². The summed E-state index contributed by atoms with van der Waals surface area (Å²) in [4.78, 5) is 14.7. The van der Waals surface area contributed by atoms with E-state index >= 15 is 0 Å². The first-order valence-electron chi connectivity index (χ1n) is 8.02. The van der Waals surface area contributed by atoms with E-state index in [9.17, 15) is 4.79 Å². The molecular weight excluding hydrogens is 312 g/mol. The van der Waals surface area contributed by atoms with Crippen molar-refractivity contribution in [2.24, 2.45) is 5.92 Å². The van der Waals surface area contributed by atoms with Crippen molar-refractivity contribution in [3.63, 3.8) is 0 Å². The lowest BCUT2D eigenvalue weighted by atomic mass is 10.1. The minimum absolute atomic E-state index is 0.0958.